The number of rotatable bonds is 6. The molecule has 5 heteroatoms. The Hall–Kier alpha value is -3.73. The van der Waals surface area contributed by atoms with E-state index in [-0.39, 0.29) is 5.91 Å². The Morgan fingerprint density at radius 3 is 2.68 bits per heavy atom. The van der Waals surface area contributed by atoms with Crippen molar-refractivity contribution in [3.05, 3.63) is 89.9 Å². The van der Waals surface area contributed by atoms with Crippen LogP contribution in [-0.4, -0.2) is 33.9 Å². The molecule has 0 spiro atoms. The van der Waals surface area contributed by atoms with Crippen LogP contribution in [0.4, 0.5) is 0 Å². The maximum Gasteiger partial charge on any atom is 0.255 e. The third-order valence-electron chi connectivity index (χ3n) is 5.71. The Balaban J connectivity index is 1.43. The fraction of sp³-hybridized carbons (Fsp3) is 0.192. The zero-order valence-electron chi connectivity index (χ0n) is 17.4. The van der Waals surface area contributed by atoms with Gasteiger partial charge in [0.1, 0.15) is 5.75 Å². The SMILES string of the molecule is CCOc1ccc(-c2ccncc2)c2c1CN(CCc1ccc3ccccc3n1)C2=O. The number of carbonyl (C=O) groups is 1. The summed E-state index contributed by atoms with van der Waals surface area (Å²) in [6.07, 6.45) is 4.21. The van der Waals surface area contributed by atoms with Crippen LogP contribution < -0.4 is 4.74 Å². The summed E-state index contributed by atoms with van der Waals surface area (Å²) in [6, 6.07) is 20.0. The molecule has 0 N–H and O–H groups in total. The van der Waals surface area contributed by atoms with Crippen molar-refractivity contribution in [3.63, 3.8) is 0 Å². The Bertz CT molecular complexity index is 1250. The van der Waals surface area contributed by atoms with E-state index < -0.39 is 0 Å². The fourth-order valence-electron chi connectivity index (χ4n) is 4.19. The van der Waals surface area contributed by atoms with Crippen molar-refractivity contribution in [2.24, 2.45) is 0 Å². The van der Waals surface area contributed by atoms with Crippen LogP contribution in [0.5, 0.6) is 5.75 Å². The minimum Gasteiger partial charge on any atom is -0.494 e. The van der Waals surface area contributed by atoms with E-state index in [9.17, 15) is 4.79 Å². The predicted octanol–water partition coefficient (Wildman–Crippen LogP) is 4.89. The highest BCUT2D eigenvalue weighted by atomic mass is 16.5. The monoisotopic (exact) mass is 409 g/mol. The summed E-state index contributed by atoms with van der Waals surface area (Å²) in [5.41, 5.74) is 5.59. The number of aromatic nitrogens is 2. The average Bonchev–Trinajstić information content (AvgIpc) is 3.15. The lowest BCUT2D eigenvalue weighted by atomic mass is 9.97. The topological polar surface area (TPSA) is 55.3 Å². The largest absolute Gasteiger partial charge is 0.494 e. The number of benzene rings is 2. The zero-order valence-corrected chi connectivity index (χ0v) is 17.4. The molecular weight excluding hydrogens is 386 g/mol. The summed E-state index contributed by atoms with van der Waals surface area (Å²) >= 11 is 0. The molecule has 1 amide bonds. The fourth-order valence-corrected chi connectivity index (χ4v) is 4.19. The smallest absolute Gasteiger partial charge is 0.255 e. The number of amides is 1. The van der Waals surface area contributed by atoms with Gasteiger partial charge in [-0.3, -0.25) is 14.8 Å². The molecule has 0 saturated carbocycles. The summed E-state index contributed by atoms with van der Waals surface area (Å²) in [7, 11) is 0. The van der Waals surface area contributed by atoms with Gasteiger partial charge >= 0.3 is 0 Å². The zero-order chi connectivity index (χ0) is 21.2. The van der Waals surface area contributed by atoms with Crippen LogP contribution in [0.3, 0.4) is 0 Å². The van der Waals surface area contributed by atoms with Gasteiger partial charge in [0.2, 0.25) is 0 Å². The summed E-state index contributed by atoms with van der Waals surface area (Å²) < 4.78 is 5.84. The van der Waals surface area contributed by atoms with Crippen molar-refractivity contribution in [2.45, 2.75) is 19.9 Å². The first kappa shape index (κ1) is 19.2. The molecule has 0 saturated heterocycles. The minimum atomic E-state index is 0.0455. The number of ether oxygens (including phenoxy) is 1. The van der Waals surface area contributed by atoms with Gasteiger partial charge in [-0.2, -0.15) is 0 Å². The van der Waals surface area contributed by atoms with Crippen molar-refractivity contribution in [1.29, 1.82) is 0 Å². The van der Waals surface area contributed by atoms with E-state index >= 15 is 0 Å². The van der Waals surface area contributed by atoms with Gasteiger partial charge in [-0.15, -0.1) is 0 Å². The number of para-hydroxylation sites is 1. The van der Waals surface area contributed by atoms with Gasteiger partial charge in [-0.1, -0.05) is 24.3 Å². The second-order valence-electron chi connectivity index (χ2n) is 7.61. The van der Waals surface area contributed by atoms with Gasteiger partial charge in [0, 0.05) is 42.0 Å². The maximum absolute atomic E-state index is 13.4. The number of carbonyl (C=O) groups excluding carboxylic acids is 1. The highest BCUT2D eigenvalue weighted by Gasteiger charge is 2.32. The van der Waals surface area contributed by atoms with Crippen molar-refractivity contribution < 1.29 is 9.53 Å². The molecular formula is C26H23N3O2. The summed E-state index contributed by atoms with van der Waals surface area (Å²) in [6.45, 7) is 3.69. The number of hydrogen-bond acceptors (Lipinski definition) is 4. The highest BCUT2D eigenvalue weighted by molar-refractivity contribution is 6.05. The van der Waals surface area contributed by atoms with Crippen LogP contribution in [0.1, 0.15) is 28.5 Å². The quantitative estimate of drug-likeness (QED) is 0.455. The van der Waals surface area contributed by atoms with Gasteiger partial charge in [0.15, 0.2) is 0 Å². The van der Waals surface area contributed by atoms with Crippen LogP contribution >= 0.6 is 0 Å². The summed E-state index contributed by atoms with van der Waals surface area (Å²) in [5, 5.41) is 1.12. The average molecular weight is 409 g/mol. The predicted molar refractivity (Wildman–Crippen MR) is 121 cm³/mol. The number of nitrogens with zero attached hydrogens (tertiary/aromatic N) is 3. The minimum absolute atomic E-state index is 0.0455. The van der Waals surface area contributed by atoms with Gasteiger partial charge in [0.05, 0.1) is 24.2 Å². The van der Waals surface area contributed by atoms with Gasteiger partial charge < -0.3 is 9.64 Å². The standard InChI is InChI=1S/C26H23N3O2/c1-2-31-24-10-9-21(18-11-14-27-15-12-18)25-22(24)17-29(26(25)30)16-13-20-8-7-19-5-3-4-6-23(19)28-20/h3-12,14-15H,2,13,16-17H2,1H3. The second-order valence-corrected chi connectivity index (χ2v) is 7.61. The van der Waals surface area contributed by atoms with Crippen molar-refractivity contribution in [2.75, 3.05) is 13.2 Å². The molecule has 0 aliphatic carbocycles. The molecule has 0 radical (unpaired) electrons. The third kappa shape index (κ3) is 3.63. The van der Waals surface area contributed by atoms with Crippen LogP contribution in [0, 0.1) is 0 Å². The lowest BCUT2D eigenvalue weighted by molar-refractivity contribution is 0.0780. The Morgan fingerprint density at radius 2 is 1.84 bits per heavy atom. The van der Waals surface area contributed by atoms with Gasteiger partial charge in [0.25, 0.3) is 5.91 Å². The molecule has 2 aromatic carbocycles. The van der Waals surface area contributed by atoms with E-state index in [1.807, 2.05) is 60.4 Å². The third-order valence-corrected chi connectivity index (χ3v) is 5.71. The van der Waals surface area contributed by atoms with E-state index in [0.29, 0.717) is 26.1 Å². The molecule has 0 atom stereocenters. The van der Waals surface area contributed by atoms with Crippen molar-refractivity contribution >= 4 is 16.8 Å². The molecule has 2 aromatic heterocycles. The normalized spacial score (nSPS) is 12.9. The molecule has 0 unspecified atom stereocenters. The summed E-state index contributed by atoms with van der Waals surface area (Å²) in [5.74, 6) is 0.833. The number of pyridine rings is 2. The van der Waals surface area contributed by atoms with Crippen LogP contribution in [0.2, 0.25) is 0 Å². The first-order chi connectivity index (χ1) is 15.2. The van der Waals surface area contributed by atoms with E-state index in [2.05, 4.69) is 17.1 Å². The molecule has 5 rings (SSSR count). The molecule has 31 heavy (non-hydrogen) atoms. The van der Waals surface area contributed by atoms with E-state index in [4.69, 9.17) is 9.72 Å². The summed E-state index contributed by atoms with van der Waals surface area (Å²) in [4.78, 5) is 24.2. The maximum atomic E-state index is 13.4. The first-order valence-corrected chi connectivity index (χ1v) is 10.6. The van der Waals surface area contributed by atoms with Crippen LogP contribution in [0.15, 0.2) is 73.1 Å². The molecule has 154 valence electrons. The van der Waals surface area contributed by atoms with E-state index in [0.717, 1.165) is 44.6 Å². The van der Waals surface area contributed by atoms with Crippen molar-refractivity contribution in [3.8, 4) is 16.9 Å². The molecule has 0 fully saturated rings. The lowest BCUT2D eigenvalue weighted by Gasteiger charge is -2.15. The van der Waals surface area contributed by atoms with Gasteiger partial charge in [-0.05, 0) is 54.4 Å². The molecule has 3 heterocycles. The Kier molecular flexibility index (Phi) is 5.08. The lowest BCUT2D eigenvalue weighted by Crippen LogP contribution is -2.26. The van der Waals surface area contributed by atoms with E-state index in [1.54, 1.807) is 12.4 Å². The molecule has 4 aromatic rings. The van der Waals surface area contributed by atoms with Crippen LogP contribution in [0.25, 0.3) is 22.0 Å². The molecule has 1 aliphatic rings. The molecule has 1 aliphatic heterocycles. The first-order valence-electron chi connectivity index (χ1n) is 10.6. The van der Waals surface area contributed by atoms with Gasteiger partial charge in [-0.25, -0.2) is 0 Å². The highest BCUT2D eigenvalue weighted by Crippen LogP contribution is 2.38. The molecule has 5 nitrogen and oxygen atoms in total. The number of fused-ring (bicyclic) bond motifs is 2. The Labute approximate surface area is 181 Å². The Morgan fingerprint density at radius 1 is 1.00 bits per heavy atom. The second kappa shape index (κ2) is 8.19. The van der Waals surface area contributed by atoms with Crippen molar-refractivity contribution in [1.82, 2.24) is 14.9 Å². The van der Waals surface area contributed by atoms with E-state index in [1.165, 1.54) is 0 Å². The molecule has 0 bridgehead atoms. The van der Waals surface area contributed by atoms with Crippen LogP contribution in [-0.2, 0) is 13.0 Å². The number of hydrogen-bond donors (Lipinski definition) is 0.